The number of likely N-dealkylation sites (tertiary alicyclic amines) is 1. The Labute approximate surface area is 150 Å². The van der Waals surface area contributed by atoms with Crippen LogP contribution in [0.5, 0.6) is 0 Å². The van der Waals surface area contributed by atoms with Gasteiger partial charge in [-0.3, -0.25) is 9.78 Å². The Hall–Kier alpha value is -1.75. The maximum atomic E-state index is 12.7. The van der Waals surface area contributed by atoms with Gasteiger partial charge in [-0.15, -0.1) is 0 Å². The van der Waals surface area contributed by atoms with Gasteiger partial charge in [-0.2, -0.15) is 0 Å². The van der Waals surface area contributed by atoms with Gasteiger partial charge < -0.3 is 15.0 Å². The lowest BCUT2D eigenvalue weighted by Crippen LogP contribution is -2.48. The van der Waals surface area contributed by atoms with Crippen LogP contribution >= 0.6 is 0 Å². The van der Waals surface area contributed by atoms with E-state index in [1.807, 2.05) is 4.90 Å². The third kappa shape index (κ3) is 4.66. The average molecular weight is 343 g/mol. The zero-order chi connectivity index (χ0) is 17.5. The van der Waals surface area contributed by atoms with E-state index in [9.17, 15) is 9.59 Å². The molecule has 0 bridgehead atoms. The molecule has 1 aromatic rings. The molecule has 136 valence electrons. The van der Waals surface area contributed by atoms with Crippen molar-refractivity contribution in [2.75, 3.05) is 19.6 Å². The van der Waals surface area contributed by atoms with Gasteiger partial charge in [0.25, 0.3) is 5.91 Å². The van der Waals surface area contributed by atoms with Crippen LogP contribution < -0.4 is 5.32 Å². The van der Waals surface area contributed by atoms with Crippen LogP contribution in [0, 0.1) is 5.41 Å². The summed E-state index contributed by atoms with van der Waals surface area (Å²) >= 11 is 0. The van der Waals surface area contributed by atoms with Crippen LogP contribution in [0.4, 0.5) is 0 Å². The van der Waals surface area contributed by atoms with Crippen molar-refractivity contribution in [1.82, 2.24) is 15.2 Å². The zero-order valence-corrected chi connectivity index (χ0v) is 15.0. The Morgan fingerprint density at radius 3 is 2.88 bits per heavy atom. The van der Waals surface area contributed by atoms with Crippen molar-refractivity contribution >= 4 is 12.2 Å². The third-order valence-electron chi connectivity index (χ3n) is 5.72. The summed E-state index contributed by atoms with van der Waals surface area (Å²) in [6.07, 6.45) is 13.4. The topological polar surface area (TPSA) is 62.3 Å². The number of carbonyl (C=O) groups is 2. The van der Waals surface area contributed by atoms with Gasteiger partial charge in [-0.25, -0.2) is 0 Å². The molecular formula is C20H29N3O2. The Bertz CT molecular complexity index is 572. The molecule has 1 N–H and O–H groups in total. The average Bonchev–Trinajstić information content (AvgIpc) is 2.69. The second kappa shape index (κ2) is 8.56. The number of amides is 1. The van der Waals surface area contributed by atoms with E-state index >= 15 is 0 Å². The molecule has 1 aliphatic carbocycles. The van der Waals surface area contributed by atoms with E-state index < -0.39 is 5.41 Å². The van der Waals surface area contributed by atoms with Crippen LogP contribution in [0.3, 0.4) is 0 Å². The van der Waals surface area contributed by atoms with Gasteiger partial charge in [-0.1, -0.05) is 19.3 Å². The molecule has 1 aromatic heterocycles. The van der Waals surface area contributed by atoms with E-state index in [-0.39, 0.29) is 5.91 Å². The fourth-order valence-corrected chi connectivity index (χ4v) is 4.20. The molecule has 1 unspecified atom stereocenters. The molecule has 1 saturated carbocycles. The molecule has 1 saturated heterocycles. The van der Waals surface area contributed by atoms with Crippen molar-refractivity contribution in [2.24, 2.45) is 5.41 Å². The van der Waals surface area contributed by atoms with E-state index in [1.165, 1.54) is 32.1 Å². The number of piperidine rings is 1. The van der Waals surface area contributed by atoms with E-state index in [1.54, 1.807) is 24.5 Å². The number of nitrogens with one attached hydrogen (secondary N) is 1. The molecule has 2 heterocycles. The number of carbonyl (C=O) groups excluding carboxylic acids is 2. The first kappa shape index (κ1) is 18.1. The quantitative estimate of drug-likeness (QED) is 0.807. The van der Waals surface area contributed by atoms with Crippen LogP contribution in [-0.4, -0.2) is 47.8 Å². The van der Waals surface area contributed by atoms with Crippen LogP contribution in [0.15, 0.2) is 24.5 Å². The van der Waals surface area contributed by atoms with Crippen LogP contribution in [0.1, 0.15) is 61.7 Å². The molecule has 1 atom stereocenters. The number of hydrogen-bond donors (Lipinski definition) is 1. The molecule has 3 rings (SSSR count). The lowest BCUT2D eigenvalue weighted by Gasteiger charge is -2.39. The Morgan fingerprint density at radius 1 is 1.32 bits per heavy atom. The maximum absolute atomic E-state index is 12.7. The molecule has 1 aliphatic heterocycles. The fraction of sp³-hybridized carbons (Fsp3) is 0.650. The number of rotatable bonds is 6. The van der Waals surface area contributed by atoms with Gasteiger partial charge >= 0.3 is 0 Å². The Morgan fingerprint density at radius 2 is 2.16 bits per heavy atom. The summed E-state index contributed by atoms with van der Waals surface area (Å²) in [4.78, 5) is 30.4. The molecule has 0 spiro atoms. The highest BCUT2D eigenvalue weighted by Crippen LogP contribution is 2.32. The summed E-state index contributed by atoms with van der Waals surface area (Å²) in [7, 11) is 0. The first-order valence-corrected chi connectivity index (χ1v) is 9.61. The molecule has 2 fully saturated rings. The van der Waals surface area contributed by atoms with Gasteiger partial charge in [0.1, 0.15) is 6.29 Å². The summed E-state index contributed by atoms with van der Waals surface area (Å²) in [5.74, 6) is -0.0146. The third-order valence-corrected chi connectivity index (χ3v) is 5.72. The van der Waals surface area contributed by atoms with E-state index in [2.05, 4.69) is 10.3 Å². The number of hydrogen-bond acceptors (Lipinski definition) is 4. The first-order chi connectivity index (χ1) is 12.2. The molecular weight excluding hydrogens is 314 g/mol. The minimum atomic E-state index is -0.405. The van der Waals surface area contributed by atoms with E-state index in [4.69, 9.17) is 0 Å². The number of aldehydes is 1. The van der Waals surface area contributed by atoms with Crippen molar-refractivity contribution in [3.63, 3.8) is 0 Å². The first-order valence-electron chi connectivity index (χ1n) is 9.61. The SMILES string of the molecule is O=CC1(CCNC2CCCCC2)CCCN(C(=O)c2cccnc2)C1. The lowest BCUT2D eigenvalue weighted by atomic mass is 9.78. The maximum Gasteiger partial charge on any atom is 0.255 e. The molecule has 5 heteroatoms. The van der Waals surface area contributed by atoms with Crippen molar-refractivity contribution in [3.05, 3.63) is 30.1 Å². The predicted molar refractivity (Wildman–Crippen MR) is 97.4 cm³/mol. The van der Waals surface area contributed by atoms with Crippen molar-refractivity contribution in [3.8, 4) is 0 Å². The highest BCUT2D eigenvalue weighted by Gasteiger charge is 2.37. The fourth-order valence-electron chi connectivity index (χ4n) is 4.20. The number of nitrogens with zero attached hydrogens (tertiary/aromatic N) is 2. The lowest BCUT2D eigenvalue weighted by molar-refractivity contribution is -0.119. The minimum Gasteiger partial charge on any atom is -0.338 e. The van der Waals surface area contributed by atoms with Crippen LogP contribution in [0.2, 0.25) is 0 Å². The summed E-state index contributed by atoms with van der Waals surface area (Å²) in [5.41, 5.74) is 0.196. The largest absolute Gasteiger partial charge is 0.338 e. The Balaban J connectivity index is 1.56. The van der Waals surface area contributed by atoms with Gasteiger partial charge in [0.2, 0.25) is 0 Å². The molecule has 1 amide bonds. The van der Waals surface area contributed by atoms with Crippen LogP contribution in [-0.2, 0) is 4.79 Å². The van der Waals surface area contributed by atoms with Crippen molar-refractivity contribution < 1.29 is 9.59 Å². The predicted octanol–water partition coefficient (Wildman–Crippen LogP) is 2.82. The van der Waals surface area contributed by atoms with Gasteiger partial charge in [-0.05, 0) is 50.8 Å². The minimum absolute atomic E-state index is 0.0146. The highest BCUT2D eigenvalue weighted by atomic mass is 16.2. The van der Waals surface area contributed by atoms with Crippen molar-refractivity contribution in [2.45, 2.75) is 57.4 Å². The number of aromatic nitrogens is 1. The normalized spacial score (nSPS) is 24.9. The molecule has 0 radical (unpaired) electrons. The van der Waals surface area contributed by atoms with Gasteiger partial charge in [0.05, 0.1) is 5.56 Å². The monoisotopic (exact) mass is 343 g/mol. The molecule has 5 nitrogen and oxygen atoms in total. The Kier molecular flexibility index (Phi) is 6.19. The summed E-state index contributed by atoms with van der Waals surface area (Å²) in [6, 6.07) is 4.17. The van der Waals surface area contributed by atoms with Crippen LogP contribution in [0.25, 0.3) is 0 Å². The molecule has 25 heavy (non-hydrogen) atoms. The highest BCUT2D eigenvalue weighted by molar-refractivity contribution is 5.94. The summed E-state index contributed by atoms with van der Waals surface area (Å²) in [5, 5.41) is 3.63. The van der Waals surface area contributed by atoms with E-state index in [0.717, 1.165) is 38.6 Å². The summed E-state index contributed by atoms with van der Waals surface area (Å²) < 4.78 is 0. The molecule has 2 aliphatic rings. The molecule has 0 aromatic carbocycles. The van der Waals surface area contributed by atoms with E-state index in [0.29, 0.717) is 18.2 Å². The van der Waals surface area contributed by atoms with Gasteiger partial charge in [0.15, 0.2) is 0 Å². The smallest absolute Gasteiger partial charge is 0.255 e. The summed E-state index contributed by atoms with van der Waals surface area (Å²) in [6.45, 7) is 2.11. The standard InChI is InChI=1S/C20H29N3O2/c24-16-20(10-12-22-18-7-2-1-3-8-18)9-5-13-23(15-20)19(25)17-6-4-11-21-14-17/h4,6,11,14,16,18,22H,1-3,5,7-10,12-13,15H2. The second-order valence-electron chi connectivity index (χ2n) is 7.59. The van der Waals surface area contributed by atoms with Gasteiger partial charge in [0, 0.05) is 36.9 Å². The number of pyridine rings is 1. The van der Waals surface area contributed by atoms with Crippen molar-refractivity contribution in [1.29, 1.82) is 0 Å². The second-order valence-corrected chi connectivity index (χ2v) is 7.59. The zero-order valence-electron chi connectivity index (χ0n) is 15.0.